The second-order valence-corrected chi connectivity index (χ2v) is 18.5. The van der Waals surface area contributed by atoms with Gasteiger partial charge in [-0.2, -0.15) is 0 Å². The first-order valence-electron chi connectivity index (χ1n) is 23.2. The van der Waals surface area contributed by atoms with E-state index in [0.29, 0.717) is 19.3 Å². The third kappa shape index (κ3) is 31.2. The van der Waals surface area contributed by atoms with Gasteiger partial charge in [-0.1, -0.05) is 131 Å². The minimum absolute atomic E-state index is 0.0131. The summed E-state index contributed by atoms with van der Waals surface area (Å²) in [5.74, 6) is -1.30. The highest BCUT2D eigenvalue weighted by Gasteiger charge is 2.54. The maximum absolute atomic E-state index is 13.0. The van der Waals surface area contributed by atoms with Crippen molar-refractivity contribution in [3.63, 3.8) is 0 Å². The Morgan fingerprint density at radius 2 is 1.06 bits per heavy atom. The standard InChI is InChI=1S/C47H78O17P2/c1-3-5-7-8-9-10-11-12-13-14-15-16-17-20-23-26-30-34-40(49)60-36-39(62-41(50)35-31-27-24-21-18-19-22-25-29-33-38(48)32-28-6-4-2)37-61-66(58,59)64-47-44(53)42(51)43(52)46(45(47)54)63-65(55,56)57/h5-7,9-10,12-13,15-16,22,25,28-29,33,38-39,42-48,51-54H,3-4,8,11,14,17-21,23-24,26-27,30-32,34-37H2,1-2H3,(H,58,59)(H2,55,56,57)/b7-5-,10-9-,13-12-,16-15-,25-22+,28-6+,33-29+/t38?,39-,42?,43?,44?,45?,46-,47+/m1/s1. The average molecular weight is 977 g/mol. The van der Waals surface area contributed by atoms with E-state index >= 15 is 0 Å². The number of allylic oxidation sites excluding steroid dienone is 12. The molecule has 9 atom stereocenters. The Balaban J connectivity index is 2.65. The number of carbonyl (C=O) groups excluding carboxylic acids is 2. The molecule has 0 heterocycles. The molecule has 1 rings (SSSR count). The topological polar surface area (TPSA) is 276 Å². The Labute approximate surface area is 391 Å². The van der Waals surface area contributed by atoms with Gasteiger partial charge < -0.3 is 49.7 Å². The molecule has 6 unspecified atom stereocenters. The molecule has 1 saturated carbocycles. The van der Waals surface area contributed by atoms with Crippen molar-refractivity contribution in [2.75, 3.05) is 13.2 Å². The van der Waals surface area contributed by atoms with E-state index in [4.69, 9.17) is 28.3 Å². The number of phosphoric acid groups is 2. The lowest BCUT2D eigenvalue weighted by atomic mass is 9.85. The van der Waals surface area contributed by atoms with Gasteiger partial charge in [0.2, 0.25) is 0 Å². The van der Waals surface area contributed by atoms with Gasteiger partial charge in [-0.3, -0.25) is 23.2 Å². The number of unbranched alkanes of at least 4 members (excludes halogenated alkanes) is 9. The van der Waals surface area contributed by atoms with Crippen LogP contribution in [0.25, 0.3) is 0 Å². The smallest absolute Gasteiger partial charge is 0.462 e. The summed E-state index contributed by atoms with van der Waals surface area (Å²) < 4.78 is 49.3. The third-order valence-corrected chi connectivity index (χ3v) is 11.5. The molecule has 1 aliphatic rings. The summed E-state index contributed by atoms with van der Waals surface area (Å²) in [5, 5.41) is 51.1. The van der Waals surface area contributed by atoms with Gasteiger partial charge in [0, 0.05) is 12.8 Å². The number of carbonyl (C=O) groups is 2. The SMILES string of the molecule is CC/C=C\C/C=C\C/C=C\C/C=C\CCCCCCC(=O)OC[C@H](COP(=O)(O)O[C@H]1C(O)C(O)C(O)[C@@H](OP(=O)(O)O)C1O)OC(=O)CCCCCCC/C=C/C=C/C(O)C/C=C/CC. The van der Waals surface area contributed by atoms with Gasteiger partial charge in [0.1, 0.15) is 43.2 Å². The Hall–Kier alpha value is -2.86. The Kier molecular flexibility index (Phi) is 34.4. The first kappa shape index (κ1) is 61.2. The monoisotopic (exact) mass is 976 g/mol. The zero-order chi connectivity index (χ0) is 49.1. The normalized spacial score (nSPS) is 22.8. The zero-order valence-electron chi connectivity index (χ0n) is 38.7. The molecule has 0 aromatic rings. The van der Waals surface area contributed by atoms with E-state index in [2.05, 4.69) is 60.1 Å². The number of hydrogen-bond donors (Lipinski definition) is 8. The molecule has 0 bridgehead atoms. The molecule has 0 saturated heterocycles. The number of esters is 2. The Bertz CT molecular complexity index is 1620. The number of rotatable bonds is 37. The molecule has 8 N–H and O–H groups in total. The number of aliphatic hydroxyl groups excluding tert-OH is 5. The third-order valence-electron chi connectivity index (χ3n) is 10.0. The zero-order valence-corrected chi connectivity index (χ0v) is 40.5. The van der Waals surface area contributed by atoms with Crippen molar-refractivity contribution in [2.24, 2.45) is 0 Å². The lowest BCUT2D eigenvalue weighted by molar-refractivity contribution is -0.216. The van der Waals surface area contributed by atoms with Crippen molar-refractivity contribution in [1.29, 1.82) is 0 Å². The second kappa shape index (κ2) is 37.1. The van der Waals surface area contributed by atoms with Crippen molar-refractivity contribution >= 4 is 27.6 Å². The van der Waals surface area contributed by atoms with Gasteiger partial charge in [-0.05, 0) is 77.0 Å². The summed E-state index contributed by atoms with van der Waals surface area (Å²) in [7, 11) is -10.7. The molecule has 0 aromatic heterocycles. The molecule has 17 nitrogen and oxygen atoms in total. The molecule has 378 valence electrons. The van der Waals surface area contributed by atoms with Crippen molar-refractivity contribution in [3.05, 3.63) is 85.1 Å². The predicted octanol–water partition coefficient (Wildman–Crippen LogP) is 7.58. The predicted molar refractivity (Wildman–Crippen MR) is 251 cm³/mol. The van der Waals surface area contributed by atoms with Crippen LogP contribution in [0, 0.1) is 0 Å². The quantitative estimate of drug-likeness (QED) is 0.00979. The molecule has 0 spiro atoms. The van der Waals surface area contributed by atoms with Gasteiger partial charge in [0.15, 0.2) is 6.10 Å². The summed E-state index contributed by atoms with van der Waals surface area (Å²) in [4.78, 5) is 54.3. The molecule has 0 amide bonds. The van der Waals surface area contributed by atoms with Crippen LogP contribution in [0.5, 0.6) is 0 Å². The van der Waals surface area contributed by atoms with Crippen molar-refractivity contribution in [1.82, 2.24) is 0 Å². The van der Waals surface area contributed by atoms with Crippen molar-refractivity contribution in [2.45, 2.75) is 185 Å². The highest BCUT2D eigenvalue weighted by molar-refractivity contribution is 7.47. The fourth-order valence-electron chi connectivity index (χ4n) is 6.46. The Morgan fingerprint density at radius 3 is 1.65 bits per heavy atom. The van der Waals surface area contributed by atoms with E-state index < -0.39 is 89.6 Å². The average Bonchev–Trinajstić information content (AvgIpc) is 3.26. The van der Waals surface area contributed by atoms with Crippen LogP contribution in [0.2, 0.25) is 0 Å². The minimum atomic E-state index is -5.38. The van der Waals surface area contributed by atoms with E-state index in [-0.39, 0.29) is 12.8 Å². The van der Waals surface area contributed by atoms with E-state index in [1.807, 2.05) is 37.3 Å². The molecule has 1 aliphatic carbocycles. The molecule has 66 heavy (non-hydrogen) atoms. The number of hydrogen-bond acceptors (Lipinski definition) is 14. The van der Waals surface area contributed by atoms with Crippen molar-refractivity contribution < 1.29 is 82.0 Å². The van der Waals surface area contributed by atoms with Gasteiger partial charge in [-0.15, -0.1) is 0 Å². The summed E-state index contributed by atoms with van der Waals surface area (Å²) in [6.07, 6.45) is 27.2. The maximum atomic E-state index is 13.0. The fraction of sp³-hybridized carbons (Fsp3) is 0.660. The van der Waals surface area contributed by atoms with Crippen LogP contribution in [-0.4, -0.2) is 114 Å². The van der Waals surface area contributed by atoms with Crippen molar-refractivity contribution in [3.8, 4) is 0 Å². The lowest BCUT2D eigenvalue weighted by Crippen LogP contribution is -2.64. The highest BCUT2D eigenvalue weighted by atomic mass is 31.2. The minimum Gasteiger partial charge on any atom is -0.462 e. The van der Waals surface area contributed by atoms with Gasteiger partial charge in [-0.25, -0.2) is 9.13 Å². The molecule has 0 aromatic carbocycles. The summed E-state index contributed by atoms with van der Waals surface area (Å²) in [6.45, 7) is 2.73. The summed E-state index contributed by atoms with van der Waals surface area (Å²) >= 11 is 0. The van der Waals surface area contributed by atoms with Crippen LogP contribution in [0.15, 0.2) is 85.1 Å². The van der Waals surface area contributed by atoms with E-state index in [1.54, 1.807) is 6.08 Å². The van der Waals surface area contributed by atoms with Crippen LogP contribution in [0.1, 0.15) is 136 Å². The van der Waals surface area contributed by atoms with E-state index in [0.717, 1.165) is 89.9 Å². The largest absolute Gasteiger partial charge is 0.472 e. The number of ether oxygens (including phenoxy) is 2. The molecule has 0 radical (unpaired) electrons. The number of phosphoric ester groups is 2. The maximum Gasteiger partial charge on any atom is 0.472 e. The molecule has 19 heteroatoms. The number of aliphatic hydroxyl groups is 5. The highest BCUT2D eigenvalue weighted by Crippen LogP contribution is 2.49. The lowest BCUT2D eigenvalue weighted by Gasteiger charge is -2.43. The van der Waals surface area contributed by atoms with Gasteiger partial charge in [0.05, 0.1) is 12.7 Å². The Morgan fingerprint density at radius 1 is 0.561 bits per heavy atom. The van der Waals surface area contributed by atoms with E-state index in [9.17, 15) is 49.1 Å². The molecule has 0 aliphatic heterocycles. The molecular weight excluding hydrogens is 898 g/mol. The van der Waals surface area contributed by atoms with Crippen LogP contribution in [0.4, 0.5) is 0 Å². The van der Waals surface area contributed by atoms with Crippen LogP contribution in [-0.2, 0) is 41.8 Å². The summed E-state index contributed by atoms with van der Waals surface area (Å²) in [6, 6.07) is 0. The van der Waals surface area contributed by atoms with Gasteiger partial charge in [0.25, 0.3) is 0 Å². The first-order valence-corrected chi connectivity index (χ1v) is 26.3. The summed E-state index contributed by atoms with van der Waals surface area (Å²) in [5.41, 5.74) is 0. The second-order valence-electron chi connectivity index (χ2n) is 15.9. The van der Waals surface area contributed by atoms with E-state index in [1.165, 1.54) is 0 Å². The van der Waals surface area contributed by atoms with Crippen LogP contribution < -0.4 is 0 Å². The molecular formula is C47H78O17P2. The van der Waals surface area contributed by atoms with Crippen LogP contribution >= 0.6 is 15.6 Å². The van der Waals surface area contributed by atoms with Crippen LogP contribution in [0.3, 0.4) is 0 Å². The first-order chi connectivity index (χ1) is 31.5. The van der Waals surface area contributed by atoms with Gasteiger partial charge >= 0.3 is 27.6 Å². The molecule has 1 fully saturated rings. The fourth-order valence-corrected chi connectivity index (χ4v) is 8.00.